The summed E-state index contributed by atoms with van der Waals surface area (Å²) in [6, 6.07) is 14.8. The molecule has 4 heterocycles. The van der Waals surface area contributed by atoms with Crippen molar-refractivity contribution in [2.45, 2.75) is 45.4 Å². The minimum atomic E-state index is -0.550. The molecule has 36 heavy (non-hydrogen) atoms. The number of hydrogen-bond donors (Lipinski definition) is 1. The van der Waals surface area contributed by atoms with E-state index in [1.807, 2.05) is 68.6 Å². The standard InChI is InChI=1S/C26H28N6O3S/c1-26(2,3)32-24(28-29-30-32)23(21-14-17-13-18(34-4)9-10-22(17)27-25(21)33)31(15-19-7-5-11-35-19)16-20-8-6-12-36-20/h5-14,23H,15-16H2,1-4H3,(H,27,33). The van der Waals surface area contributed by atoms with Gasteiger partial charge in [0.05, 0.1) is 25.5 Å². The molecule has 5 aromatic rings. The Bertz CT molecular complexity index is 1460. The molecule has 9 nitrogen and oxygen atoms in total. The fourth-order valence-corrected chi connectivity index (χ4v) is 5.05. The number of fused-ring (bicyclic) bond motifs is 1. The number of methoxy groups -OCH3 is 1. The van der Waals surface area contributed by atoms with Crippen LogP contribution in [0.5, 0.6) is 5.75 Å². The molecule has 0 aliphatic rings. The summed E-state index contributed by atoms with van der Waals surface area (Å²) in [5.74, 6) is 2.08. The third kappa shape index (κ3) is 4.82. The number of thiophene rings is 1. The molecule has 0 radical (unpaired) electrons. The van der Waals surface area contributed by atoms with Gasteiger partial charge in [-0.25, -0.2) is 4.68 Å². The van der Waals surface area contributed by atoms with E-state index in [2.05, 4.69) is 31.5 Å². The molecule has 10 heteroatoms. The number of ether oxygens (including phenoxy) is 1. The first-order chi connectivity index (χ1) is 17.3. The molecule has 0 aliphatic carbocycles. The van der Waals surface area contributed by atoms with Crippen molar-refractivity contribution in [1.29, 1.82) is 0 Å². The highest BCUT2D eigenvalue weighted by atomic mass is 32.1. The van der Waals surface area contributed by atoms with Crippen LogP contribution < -0.4 is 10.3 Å². The summed E-state index contributed by atoms with van der Waals surface area (Å²) in [4.78, 5) is 20.0. The maximum Gasteiger partial charge on any atom is 0.253 e. The highest BCUT2D eigenvalue weighted by Crippen LogP contribution is 2.33. The van der Waals surface area contributed by atoms with Crippen LogP contribution in [0.2, 0.25) is 0 Å². The number of nitrogens with one attached hydrogen (secondary N) is 1. The Hall–Kier alpha value is -3.76. The van der Waals surface area contributed by atoms with Gasteiger partial charge in [0, 0.05) is 27.9 Å². The summed E-state index contributed by atoms with van der Waals surface area (Å²) in [5.41, 5.74) is 0.675. The molecule has 5 rings (SSSR count). The summed E-state index contributed by atoms with van der Waals surface area (Å²) in [7, 11) is 1.63. The minimum absolute atomic E-state index is 0.197. The van der Waals surface area contributed by atoms with Gasteiger partial charge >= 0.3 is 0 Å². The Kier molecular flexibility index (Phi) is 6.46. The smallest absolute Gasteiger partial charge is 0.253 e. The third-order valence-corrected chi connectivity index (χ3v) is 6.85. The lowest BCUT2D eigenvalue weighted by molar-refractivity contribution is 0.173. The molecule has 0 aliphatic heterocycles. The van der Waals surface area contributed by atoms with Crippen LogP contribution in [0, 0.1) is 0 Å². The van der Waals surface area contributed by atoms with Crippen molar-refractivity contribution in [2.75, 3.05) is 7.11 Å². The van der Waals surface area contributed by atoms with Crippen molar-refractivity contribution in [3.63, 3.8) is 0 Å². The van der Waals surface area contributed by atoms with E-state index in [4.69, 9.17) is 9.15 Å². The van der Waals surface area contributed by atoms with E-state index in [1.165, 1.54) is 0 Å². The Morgan fingerprint density at radius 3 is 2.72 bits per heavy atom. The molecule has 1 atom stereocenters. The first-order valence-electron chi connectivity index (χ1n) is 11.6. The lowest BCUT2D eigenvalue weighted by Crippen LogP contribution is -2.37. The molecule has 186 valence electrons. The maximum absolute atomic E-state index is 13.6. The number of pyridine rings is 1. The van der Waals surface area contributed by atoms with Crippen LogP contribution in [0.15, 0.2) is 69.4 Å². The first kappa shape index (κ1) is 24.0. The summed E-state index contributed by atoms with van der Waals surface area (Å²) in [6.45, 7) is 7.15. The zero-order valence-corrected chi connectivity index (χ0v) is 21.5. The molecule has 1 aromatic carbocycles. The largest absolute Gasteiger partial charge is 0.497 e. The number of nitrogens with zero attached hydrogens (tertiary/aromatic N) is 5. The first-order valence-corrected chi connectivity index (χ1v) is 12.5. The molecule has 0 amide bonds. The van der Waals surface area contributed by atoms with Crippen molar-refractivity contribution in [2.24, 2.45) is 0 Å². The summed E-state index contributed by atoms with van der Waals surface area (Å²) < 4.78 is 12.9. The van der Waals surface area contributed by atoms with Crippen LogP contribution in [0.4, 0.5) is 0 Å². The van der Waals surface area contributed by atoms with Crippen LogP contribution in [0.25, 0.3) is 10.9 Å². The fourth-order valence-electron chi connectivity index (χ4n) is 4.32. The normalized spacial score (nSPS) is 12.9. The lowest BCUT2D eigenvalue weighted by Gasteiger charge is -2.32. The van der Waals surface area contributed by atoms with Gasteiger partial charge in [-0.05, 0) is 79.0 Å². The predicted molar refractivity (Wildman–Crippen MR) is 138 cm³/mol. The van der Waals surface area contributed by atoms with Gasteiger partial charge in [-0.2, -0.15) is 0 Å². The van der Waals surface area contributed by atoms with Gasteiger partial charge in [-0.15, -0.1) is 16.4 Å². The predicted octanol–water partition coefficient (Wildman–Crippen LogP) is 4.72. The maximum atomic E-state index is 13.6. The van der Waals surface area contributed by atoms with E-state index in [0.717, 1.165) is 21.5 Å². The molecule has 0 bridgehead atoms. The topological polar surface area (TPSA) is 102 Å². The number of H-pyrrole nitrogens is 1. The number of aromatic amines is 1. The van der Waals surface area contributed by atoms with Gasteiger partial charge in [0.25, 0.3) is 5.56 Å². The second kappa shape index (κ2) is 9.71. The molecule has 1 unspecified atom stereocenters. The summed E-state index contributed by atoms with van der Waals surface area (Å²) in [6.07, 6.45) is 1.65. The number of aromatic nitrogens is 5. The number of furan rings is 1. The highest BCUT2D eigenvalue weighted by Gasteiger charge is 2.34. The Morgan fingerprint density at radius 2 is 2.03 bits per heavy atom. The Morgan fingerprint density at radius 1 is 1.17 bits per heavy atom. The highest BCUT2D eigenvalue weighted by molar-refractivity contribution is 7.09. The fraction of sp³-hybridized carbons (Fsp3) is 0.308. The molecule has 1 N–H and O–H groups in total. The SMILES string of the molecule is COc1ccc2[nH]c(=O)c(C(c3nnnn3C(C)(C)C)N(Cc3ccco3)Cc3cccs3)cc2c1. The van der Waals surface area contributed by atoms with Crippen LogP contribution in [-0.4, -0.2) is 37.2 Å². The van der Waals surface area contributed by atoms with Gasteiger partial charge in [0.15, 0.2) is 5.82 Å². The average molecular weight is 505 g/mol. The monoisotopic (exact) mass is 504 g/mol. The number of tetrazole rings is 1. The van der Waals surface area contributed by atoms with Crippen molar-refractivity contribution < 1.29 is 9.15 Å². The summed E-state index contributed by atoms with van der Waals surface area (Å²) >= 11 is 1.66. The van der Waals surface area contributed by atoms with E-state index < -0.39 is 11.6 Å². The minimum Gasteiger partial charge on any atom is -0.497 e. The lowest BCUT2D eigenvalue weighted by atomic mass is 10.0. The number of hydrogen-bond acceptors (Lipinski definition) is 8. The molecular formula is C26H28N6O3S. The second-order valence-electron chi connectivity index (χ2n) is 9.59. The Labute approximate surface area is 212 Å². The van der Waals surface area contributed by atoms with Crippen molar-refractivity contribution in [3.8, 4) is 5.75 Å². The number of rotatable bonds is 8. The van der Waals surface area contributed by atoms with Crippen LogP contribution >= 0.6 is 11.3 Å². The quantitative estimate of drug-likeness (QED) is 0.326. The molecule has 0 fully saturated rings. The molecule has 0 spiro atoms. The third-order valence-electron chi connectivity index (χ3n) is 5.99. The van der Waals surface area contributed by atoms with E-state index in [-0.39, 0.29) is 5.56 Å². The molecule has 0 saturated heterocycles. The van der Waals surface area contributed by atoms with Gasteiger partial charge in [-0.3, -0.25) is 9.69 Å². The van der Waals surface area contributed by atoms with Crippen LogP contribution in [0.1, 0.15) is 48.8 Å². The Balaban J connectivity index is 1.73. The zero-order valence-electron chi connectivity index (χ0n) is 20.6. The molecule has 0 saturated carbocycles. The average Bonchev–Trinajstić information content (AvgIpc) is 3.62. The van der Waals surface area contributed by atoms with Gasteiger partial charge in [0.2, 0.25) is 0 Å². The van der Waals surface area contributed by atoms with Crippen molar-refractivity contribution in [1.82, 2.24) is 30.1 Å². The molecular weight excluding hydrogens is 476 g/mol. The van der Waals surface area contributed by atoms with E-state index in [1.54, 1.807) is 29.4 Å². The van der Waals surface area contributed by atoms with E-state index in [9.17, 15) is 4.79 Å². The van der Waals surface area contributed by atoms with Crippen LogP contribution in [0.3, 0.4) is 0 Å². The van der Waals surface area contributed by atoms with Gasteiger partial charge in [0.1, 0.15) is 17.6 Å². The summed E-state index contributed by atoms with van der Waals surface area (Å²) in [5, 5.41) is 15.7. The van der Waals surface area contributed by atoms with Gasteiger partial charge < -0.3 is 14.1 Å². The van der Waals surface area contributed by atoms with Gasteiger partial charge in [-0.1, -0.05) is 6.07 Å². The molecule has 4 aromatic heterocycles. The number of benzene rings is 1. The van der Waals surface area contributed by atoms with E-state index >= 15 is 0 Å². The van der Waals surface area contributed by atoms with Crippen LogP contribution in [-0.2, 0) is 18.6 Å². The van der Waals surface area contributed by atoms with E-state index in [0.29, 0.717) is 30.2 Å². The zero-order chi connectivity index (χ0) is 25.3. The van der Waals surface area contributed by atoms with Crippen molar-refractivity contribution >= 4 is 22.2 Å². The second-order valence-corrected chi connectivity index (χ2v) is 10.6. The van der Waals surface area contributed by atoms with Crippen molar-refractivity contribution in [3.05, 3.63) is 92.6 Å².